The van der Waals surface area contributed by atoms with E-state index in [1.165, 1.54) is 38.5 Å². The van der Waals surface area contributed by atoms with Crippen LogP contribution >= 0.6 is 0 Å². The fourth-order valence-corrected chi connectivity index (χ4v) is 5.93. The summed E-state index contributed by atoms with van der Waals surface area (Å²) < 4.78 is 0. The molecule has 6 atom stereocenters. The van der Waals surface area contributed by atoms with Crippen LogP contribution in [0.25, 0.3) is 0 Å². The summed E-state index contributed by atoms with van der Waals surface area (Å²) in [5.41, 5.74) is 12.8. The quantitative estimate of drug-likeness (QED) is 0.240. The molecule has 0 nitrogen and oxygen atoms in total. The van der Waals surface area contributed by atoms with E-state index in [1.54, 1.807) is 44.5 Å². The van der Waals surface area contributed by atoms with Gasteiger partial charge in [0.15, 0.2) is 0 Å². The second-order valence-corrected chi connectivity index (χ2v) is 12.4. The molecule has 0 spiro atoms. The molecule has 37 heavy (non-hydrogen) atoms. The zero-order valence-corrected chi connectivity index (χ0v) is 26.7. The van der Waals surface area contributed by atoms with E-state index >= 15 is 0 Å². The first-order valence-electron chi connectivity index (χ1n) is 15.9. The van der Waals surface area contributed by atoms with Crippen LogP contribution in [0.2, 0.25) is 0 Å². The van der Waals surface area contributed by atoms with Crippen molar-refractivity contribution in [1.82, 2.24) is 0 Å². The fraction of sp³-hybridized carbons (Fsp3) is 0.676. The third kappa shape index (κ3) is 7.30. The number of hydrogen-bond donors (Lipinski definition) is 0. The smallest absolute Gasteiger partial charge is 0.00197 e. The van der Waals surface area contributed by atoms with Gasteiger partial charge in [-0.25, -0.2) is 0 Å². The average molecular weight is 505 g/mol. The molecule has 2 rings (SSSR count). The van der Waals surface area contributed by atoms with Crippen molar-refractivity contribution in [1.29, 1.82) is 0 Å². The second-order valence-electron chi connectivity index (χ2n) is 12.4. The first kappa shape index (κ1) is 31.7. The van der Waals surface area contributed by atoms with Crippen molar-refractivity contribution < 1.29 is 0 Å². The Morgan fingerprint density at radius 1 is 0.405 bits per heavy atom. The molecule has 0 aliphatic carbocycles. The lowest BCUT2D eigenvalue weighted by molar-refractivity contribution is 0.653. The highest BCUT2D eigenvalue weighted by Crippen LogP contribution is 2.41. The predicted molar refractivity (Wildman–Crippen MR) is 168 cm³/mol. The van der Waals surface area contributed by atoms with Crippen LogP contribution in [0.3, 0.4) is 0 Å². The summed E-state index contributed by atoms with van der Waals surface area (Å²) in [6.45, 7) is 28.8. The van der Waals surface area contributed by atoms with Crippen LogP contribution in [0, 0.1) is 0 Å². The summed E-state index contributed by atoms with van der Waals surface area (Å²) in [5, 5.41) is 0. The van der Waals surface area contributed by atoms with E-state index in [0.717, 1.165) is 6.42 Å². The van der Waals surface area contributed by atoms with Crippen molar-refractivity contribution in [3.8, 4) is 0 Å². The lowest BCUT2D eigenvalue weighted by Crippen LogP contribution is -2.13. The first-order chi connectivity index (χ1) is 17.6. The Kier molecular flexibility index (Phi) is 12.5. The Bertz CT molecular complexity index is 901. The van der Waals surface area contributed by atoms with E-state index in [1.807, 2.05) is 0 Å². The van der Waals surface area contributed by atoms with Gasteiger partial charge >= 0.3 is 0 Å². The van der Waals surface area contributed by atoms with Crippen molar-refractivity contribution >= 4 is 0 Å². The monoisotopic (exact) mass is 504 g/mol. The van der Waals surface area contributed by atoms with Crippen molar-refractivity contribution in [2.24, 2.45) is 0 Å². The van der Waals surface area contributed by atoms with Crippen molar-refractivity contribution in [3.05, 3.63) is 68.8 Å². The number of benzene rings is 2. The summed E-state index contributed by atoms with van der Waals surface area (Å²) in [6, 6.07) is 10.4. The Labute approximate surface area is 232 Å². The standard InChI is InChI=1S/C37H60/c1-13-24(7)30-19-32(36(28(11)17-5)34(22-30)26(9)15-3)21-33-20-31(25(8)14-2)23-35(27(10)16-4)37(33)29(12)18-6/h19-20,22-29H,13-18,21H2,1-12H3. The molecule has 0 aliphatic heterocycles. The molecule has 0 heteroatoms. The van der Waals surface area contributed by atoms with E-state index < -0.39 is 0 Å². The highest BCUT2D eigenvalue weighted by molar-refractivity contribution is 5.50. The molecule has 208 valence electrons. The molecule has 0 N–H and O–H groups in total. The average Bonchev–Trinajstić information content (AvgIpc) is 2.93. The van der Waals surface area contributed by atoms with Gasteiger partial charge in [0, 0.05) is 0 Å². The molecule has 0 fully saturated rings. The van der Waals surface area contributed by atoms with Gasteiger partial charge < -0.3 is 0 Å². The van der Waals surface area contributed by atoms with Gasteiger partial charge in [0.05, 0.1) is 0 Å². The Hall–Kier alpha value is -1.56. The summed E-state index contributed by atoms with van der Waals surface area (Å²) in [6.07, 6.45) is 8.26. The van der Waals surface area contributed by atoms with Crippen molar-refractivity contribution in [2.75, 3.05) is 0 Å². The molecule has 2 aromatic rings. The zero-order valence-electron chi connectivity index (χ0n) is 26.7. The molecule has 0 heterocycles. The molecule has 0 saturated heterocycles. The van der Waals surface area contributed by atoms with Crippen LogP contribution in [-0.2, 0) is 6.42 Å². The van der Waals surface area contributed by atoms with Crippen molar-refractivity contribution in [2.45, 2.75) is 164 Å². The minimum atomic E-state index is 0.587. The fourth-order valence-electron chi connectivity index (χ4n) is 5.93. The molecule has 0 radical (unpaired) electrons. The van der Waals surface area contributed by atoms with E-state index in [2.05, 4.69) is 107 Å². The van der Waals surface area contributed by atoms with Crippen LogP contribution in [-0.4, -0.2) is 0 Å². The third-order valence-electron chi connectivity index (χ3n) is 9.88. The molecule has 0 saturated carbocycles. The normalized spacial score (nSPS) is 16.8. The molecule has 0 aliphatic rings. The molecule has 0 aromatic heterocycles. The van der Waals surface area contributed by atoms with E-state index in [0.29, 0.717) is 35.5 Å². The molecular formula is C37H60. The van der Waals surface area contributed by atoms with E-state index in [-0.39, 0.29) is 0 Å². The minimum absolute atomic E-state index is 0.587. The predicted octanol–water partition coefficient (Wildman–Crippen LogP) is 12.4. The van der Waals surface area contributed by atoms with Crippen LogP contribution < -0.4 is 0 Å². The topological polar surface area (TPSA) is 0 Å². The van der Waals surface area contributed by atoms with Gasteiger partial charge in [-0.3, -0.25) is 0 Å². The minimum Gasteiger partial charge on any atom is -0.0648 e. The van der Waals surface area contributed by atoms with Gasteiger partial charge in [0.2, 0.25) is 0 Å². The van der Waals surface area contributed by atoms with Gasteiger partial charge in [0.1, 0.15) is 0 Å². The summed E-state index contributed by atoms with van der Waals surface area (Å²) >= 11 is 0. The lowest BCUT2D eigenvalue weighted by atomic mass is 9.76. The highest BCUT2D eigenvalue weighted by atomic mass is 14.3. The van der Waals surface area contributed by atoms with E-state index in [4.69, 9.17) is 0 Å². The summed E-state index contributed by atoms with van der Waals surface area (Å²) in [5.74, 6) is 3.57. The first-order valence-corrected chi connectivity index (χ1v) is 15.9. The third-order valence-corrected chi connectivity index (χ3v) is 9.88. The van der Waals surface area contributed by atoms with Gasteiger partial charge in [-0.2, -0.15) is 0 Å². The Balaban J connectivity index is 2.93. The lowest BCUT2D eigenvalue weighted by Gasteiger charge is -2.29. The Morgan fingerprint density at radius 2 is 0.703 bits per heavy atom. The summed E-state index contributed by atoms with van der Waals surface area (Å²) in [4.78, 5) is 0. The molecule has 6 unspecified atom stereocenters. The zero-order chi connectivity index (χ0) is 27.9. The SMILES string of the molecule is CCC(C)c1cc(Cc2cc(C(C)CC)cc(C(C)CC)c2C(C)CC)c(C(C)CC)c(C(C)CC)c1. The van der Waals surface area contributed by atoms with Crippen LogP contribution in [0.4, 0.5) is 0 Å². The van der Waals surface area contributed by atoms with Gasteiger partial charge in [-0.15, -0.1) is 0 Å². The van der Waals surface area contributed by atoms with Crippen LogP contribution in [0.15, 0.2) is 24.3 Å². The summed E-state index contributed by atoms with van der Waals surface area (Å²) in [7, 11) is 0. The van der Waals surface area contributed by atoms with Gasteiger partial charge in [0.25, 0.3) is 0 Å². The maximum absolute atomic E-state index is 2.61. The second kappa shape index (κ2) is 14.6. The molecular weight excluding hydrogens is 444 g/mol. The maximum atomic E-state index is 2.61. The maximum Gasteiger partial charge on any atom is -0.00197 e. The van der Waals surface area contributed by atoms with Crippen LogP contribution in [0.5, 0.6) is 0 Å². The van der Waals surface area contributed by atoms with Crippen LogP contribution in [0.1, 0.15) is 202 Å². The van der Waals surface area contributed by atoms with E-state index in [9.17, 15) is 0 Å². The molecule has 0 amide bonds. The number of rotatable bonds is 14. The number of hydrogen-bond acceptors (Lipinski definition) is 0. The largest absolute Gasteiger partial charge is 0.0648 e. The van der Waals surface area contributed by atoms with Gasteiger partial charge in [-0.1, -0.05) is 107 Å². The molecule has 0 bridgehead atoms. The Morgan fingerprint density at radius 3 is 0.973 bits per heavy atom. The van der Waals surface area contributed by atoms with Crippen molar-refractivity contribution in [3.63, 3.8) is 0 Å². The highest BCUT2D eigenvalue weighted by Gasteiger charge is 2.24. The molecule has 2 aromatic carbocycles. The van der Waals surface area contributed by atoms with Gasteiger partial charge in [-0.05, 0) is 125 Å².